The fourth-order valence-corrected chi connectivity index (χ4v) is 5.50. The van der Waals surface area contributed by atoms with Crippen LogP contribution in [-0.2, 0) is 26.0 Å². The van der Waals surface area contributed by atoms with E-state index in [4.69, 9.17) is 11.6 Å². The van der Waals surface area contributed by atoms with E-state index in [1.165, 1.54) is 11.1 Å². The van der Waals surface area contributed by atoms with Crippen molar-refractivity contribution in [3.63, 3.8) is 0 Å². The number of esters is 1. The van der Waals surface area contributed by atoms with Crippen molar-refractivity contribution < 1.29 is 17.9 Å². The molecular weight excluding hydrogens is 424 g/mol. The highest BCUT2D eigenvalue weighted by atomic mass is 35.5. The number of carbonyl (C=O) groups is 1. The number of ether oxygens (including phenoxy) is 1. The zero-order chi connectivity index (χ0) is 21.3. The number of rotatable bonds is 6. The summed E-state index contributed by atoms with van der Waals surface area (Å²) in [5, 5.41) is 1.97. The molecule has 0 saturated carbocycles. The average Bonchev–Trinajstić information content (AvgIpc) is 3.11. The minimum Gasteiger partial charge on any atom is -0.469 e. The predicted molar refractivity (Wildman–Crippen MR) is 116 cm³/mol. The second kappa shape index (κ2) is 8.08. The lowest BCUT2D eigenvalue weighted by molar-refractivity contribution is -0.140. The summed E-state index contributed by atoms with van der Waals surface area (Å²) in [6.45, 7) is 0. The van der Waals surface area contributed by atoms with Crippen LogP contribution < -0.4 is 0 Å². The van der Waals surface area contributed by atoms with Crippen molar-refractivity contribution in [3.8, 4) is 0 Å². The number of carbonyl (C=O) groups excluding carboxylic acids is 1. The van der Waals surface area contributed by atoms with Gasteiger partial charge in [-0.2, -0.15) is 0 Å². The fraction of sp³-hybridized carbons (Fsp3) is 0.182. The summed E-state index contributed by atoms with van der Waals surface area (Å²) in [5.74, 6) is -0.332. The summed E-state index contributed by atoms with van der Waals surface area (Å²) in [6.07, 6.45) is 2.62. The molecular formula is C22H19ClN2O4S. The Hall–Kier alpha value is -2.90. The molecule has 0 fully saturated rings. The second-order valence-electron chi connectivity index (χ2n) is 6.87. The van der Waals surface area contributed by atoms with Gasteiger partial charge in [0.05, 0.1) is 18.1 Å². The molecule has 6 nitrogen and oxygen atoms in total. The Morgan fingerprint density at radius 2 is 1.90 bits per heavy atom. The van der Waals surface area contributed by atoms with Crippen molar-refractivity contribution >= 4 is 49.4 Å². The van der Waals surface area contributed by atoms with Gasteiger partial charge in [-0.3, -0.25) is 9.78 Å². The highest BCUT2D eigenvalue weighted by Crippen LogP contribution is 2.31. The van der Waals surface area contributed by atoms with E-state index in [0.29, 0.717) is 40.0 Å². The Balaban J connectivity index is 1.89. The third-order valence-corrected chi connectivity index (χ3v) is 6.98. The molecule has 4 rings (SSSR count). The van der Waals surface area contributed by atoms with E-state index in [-0.39, 0.29) is 17.3 Å². The molecule has 2 aromatic carbocycles. The Bertz CT molecular complexity index is 1360. The topological polar surface area (TPSA) is 78.3 Å². The number of hydrogen-bond donors (Lipinski definition) is 0. The number of pyridine rings is 1. The number of hydrogen-bond acceptors (Lipinski definition) is 5. The van der Waals surface area contributed by atoms with Crippen LogP contribution in [-0.4, -0.2) is 30.5 Å². The molecule has 154 valence electrons. The molecule has 0 spiro atoms. The molecule has 0 aliphatic carbocycles. The quantitative estimate of drug-likeness (QED) is 0.408. The van der Waals surface area contributed by atoms with Gasteiger partial charge in [-0.25, -0.2) is 12.4 Å². The summed E-state index contributed by atoms with van der Waals surface area (Å²) < 4.78 is 33.6. The third-order valence-electron chi connectivity index (χ3n) is 4.95. The van der Waals surface area contributed by atoms with Gasteiger partial charge in [-0.15, -0.1) is 0 Å². The summed E-state index contributed by atoms with van der Waals surface area (Å²) in [6, 6.07) is 15.6. The first-order valence-electron chi connectivity index (χ1n) is 9.38. The van der Waals surface area contributed by atoms with E-state index in [9.17, 15) is 13.2 Å². The first-order chi connectivity index (χ1) is 14.4. The standard InChI is InChI=1S/C22H19ClN2O4S/c1-29-21(26)9-3-7-18-14-16-13-17(23)10-11-19(16)25(18)30(27,28)20-8-2-5-15-6-4-12-24-22(15)20/h2,4-6,8,10-14H,3,7,9H2,1H3. The molecule has 0 aliphatic heterocycles. The maximum Gasteiger partial charge on any atom is 0.305 e. The van der Waals surface area contributed by atoms with E-state index >= 15 is 0 Å². The lowest BCUT2D eigenvalue weighted by atomic mass is 10.2. The van der Waals surface area contributed by atoms with Crippen LogP contribution >= 0.6 is 11.6 Å². The number of nitrogens with zero attached hydrogens (tertiary/aromatic N) is 2. The zero-order valence-corrected chi connectivity index (χ0v) is 17.8. The predicted octanol–water partition coefficient (Wildman–Crippen LogP) is 4.58. The van der Waals surface area contributed by atoms with Crippen LogP contribution in [0.15, 0.2) is 65.7 Å². The van der Waals surface area contributed by atoms with Crippen molar-refractivity contribution in [1.29, 1.82) is 0 Å². The summed E-state index contributed by atoms with van der Waals surface area (Å²) >= 11 is 6.12. The van der Waals surface area contributed by atoms with Crippen molar-refractivity contribution in [3.05, 3.63) is 71.5 Å². The number of aromatic nitrogens is 2. The van der Waals surface area contributed by atoms with E-state index < -0.39 is 10.0 Å². The summed E-state index contributed by atoms with van der Waals surface area (Å²) in [5.41, 5.74) is 1.51. The van der Waals surface area contributed by atoms with Gasteiger partial charge in [0.2, 0.25) is 0 Å². The summed E-state index contributed by atoms with van der Waals surface area (Å²) in [4.78, 5) is 15.9. The molecule has 0 radical (unpaired) electrons. The van der Waals surface area contributed by atoms with Gasteiger partial charge < -0.3 is 4.74 Å². The smallest absolute Gasteiger partial charge is 0.305 e. The Morgan fingerprint density at radius 3 is 2.70 bits per heavy atom. The SMILES string of the molecule is COC(=O)CCCc1cc2cc(Cl)ccc2n1S(=O)(=O)c1cccc2cccnc12. The fourth-order valence-electron chi connectivity index (χ4n) is 3.57. The number of halogens is 1. The van der Waals surface area contributed by atoms with Gasteiger partial charge in [0.25, 0.3) is 10.0 Å². The minimum absolute atomic E-state index is 0.127. The number of aryl methyl sites for hydroxylation is 1. The maximum absolute atomic E-state index is 13.8. The molecule has 8 heteroatoms. The Kier molecular flexibility index (Phi) is 5.49. The van der Waals surface area contributed by atoms with Gasteiger partial charge in [0.15, 0.2) is 0 Å². The zero-order valence-electron chi connectivity index (χ0n) is 16.2. The molecule has 0 aliphatic rings. The second-order valence-corrected chi connectivity index (χ2v) is 9.06. The van der Waals surface area contributed by atoms with Crippen molar-refractivity contribution in [2.45, 2.75) is 24.2 Å². The van der Waals surface area contributed by atoms with Crippen LogP contribution in [0.1, 0.15) is 18.5 Å². The van der Waals surface area contributed by atoms with Gasteiger partial charge in [-0.05, 0) is 49.2 Å². The monoisotopic (exact) mass is 442 g/mol. The molecule has 0 unspecified atom stereocenters. The lowest BCUT2D eigenvalue weighted by Crippen LogP contribution is -2.16. The van der Waals surface area contributed by atoms with Crippen LogP contribution in [0.2, 0.25) is 5.02 Å². The van der Waals surface area contributed by atoms with Crippen molar-refractivity contribution in [1.82, 2.24) is 8.96 Å². The first-order valence-corrected chi connectivity index (χ1v) is 11.2. The van der Waals surface area contributed by atoms with E-state index in [1.807, 2.05) is 12.1 Å². The minimum atomic E-state index is -3.95. The van der Waals surface area contributed by atoms with Crippen LogP contribution in [0.4, 0.5) is 0 Å². The molecule has 0 saturated heterocycles. The molecule has 0 N–H and O–H groups in total. The number of methoxy groups -OCH3 is 1. The van der Waals surface area contributed by atoms with Crippen LogP contribution in [0.5, 0.6) is 0 Å². The normalized spacial score (nSPS) is 11.8. The molecule has 4 aromatic rings. The van der Waals surface area contributed by atoms with Crippen molar-refractivity contribution in [2.75, 3.05) is 7.11 Å². The molecule has 30 heavy (non-hydrogen) atoms. The third kappa shape index (κ3) is 3.66. The molecule has 0 atom stereocenters. The maximum atomic E-state index is 13.8. The molecule has 2 aromatic heterocycles. The van der Waals surface area contributed by atoms with Gasteiger partial charge in [-0.1, -0.05) is 29.8 Å². The van der Waals surface area contributed by atoms with E-state index in [2.05, 4.69) is 9.72 Å². The molecule has 2 heterocycles. The van der Waals surface area contributed by atoms with Crippen LogP contribution in [0.25, 0.3) is 21.8 Å². The number of benzene rings is 2. The summed E-state index contributed by atoms with van der Waals surface area (Å²) in [7, 11) is -2.62. The van der Waals surface area contributed by atoms with E-state index in [0.717, 1.165) is 5.39 Å². The highest BCUT2D eigenvalue weighted by molar-refractivity contribution is 7.90. The van der Waals surface area contributed by atoms with E-state index in [1.54, 1.807) is 48.7 Å². The largest absolute Gasteiger partial charge is 0.469 e. The molecule has 0 bridgehead atoms. The van der Waals surface area contributed by atoms with Gasteiger partial charge in [0.1, 0.15) is 4.90 Å². The Morgan fingerprint density at radius 1 is 1.10 bits per heavy atom. The number of para-hydroxylation sites is 1. The lowest BCUT2D eigenvalue weighted by Gasteiger charge is -2.13. The van der Waals surface area contributed by atoms with Gasteiger partial charge >= 0.3 is 5.97 Å². The first kappa shape index (κ1) is 20.4. The van der Waals surface area contributed by atoms with Gasteiger partial charge in [0, 0.05) is 34.1 Å². The molecule has 0 amide bonds. The highest BCUT2D eigenvalue weighted by Gasteiger charge is 2.25. The van der Waals surface area contributed by atoms with Crippen LogP contribution in [0, 0.1) is 0 Å². The van der Waals surface area contributed by atoms with Crippen LogP contribution in [0.3, 0.4) is 0 Å². The van der Waals surface area contributed by atoms with Crippen molar-refractivity contribution in [2.24, 2.45) is 0 Å². The number of fused-ring (bicyclic) bond motifs is 2. The average molecular weight is 443 g/mol. The Labute approximate surface area is 179 Å².